The van der Waals surface area contributed by atoms with E-state index in [-0.39, 0.29) is 17.8 Å². The zero-order chi connectivity index (χ0) is 22.1. The van der Waals surface area contributed by atoms with Crippen molar-refractivity contribution in [2.45, 2.75) is 45.1 Å². The lowest BCUT2D eigenvalue weighted by molar-refractivity contribution is -0.127. The van der Waals surface area contributed by atoms with Crippen LogP contribution in [0.2, 0.25) is 0 Å². The minimum absolute atomic E-state index is 0. The third-order valence-corrected chi connectivity index (χ3v) is 7.18. The number of benzene rings is 1. The van der Waals surface area contributed by atoms with Gasteiger partial charge in [0.15, 0.2) is 0 Å². The SMILES string of the molecule is CC(C)c1ccc([C@](O)(c2cncc(OCC3CCNCC3)c2)C2(C)CN(C)C2)cc1.Cl. The maximum atomic E-state index is 12.3. The molecule has 2 aliphatic rings. The topological polar surface area (TPSA) is 57.6 Å². The van der Waals surface area contributed by atoms with E-state index in [1.807, 2.05) is 6.07 Å². The smallest absolute Gasteiger partial charge is 0.137 e. The molecule has 0 spiro atoms. The van der Waals surface area contributed by atoms with Crippen molar-refractivity contribution in [3.8, 4) is 5.75 Å². The predicted octanol–water partition coefficient (Wildman–Crippen LogP) is 4.19. The Labute approximate surface area is 199 Å². The Kier molecular flexibility index (Phi) is 7.87. The first kappa shape index (κ1) is 25.0. The van der Waals surface area contributed by atoms with Crippen LogP contribution in [0.1, 0.15) is 56.2 Å². The molecule has 0 bridgehead atoms. The monoisotopic (exact) mass is 459 g/mol. The van der Waals surface area contributed by atoms with Crippen molar-refractivity contribution in [3.05, 3.63) is 59.4 Å². The Morgan fingerprint density at radius 3 is 2.41 bits per heavy atom. The molecule has 0 aliphatic carbocycles. The van der Waals surface area contributed by atoms with Gasteiger partial charge in [-0.15, -0.1) is 12.4 Å². The summed E-state index contributed by atoms with van der Waals surface area (Å²) in [4.78, 5) is 6.71. The van der Waals surface area contributed by atoms with Crippen molar-refractivity contribution in [2.24, 2.45) is 11.3 Å². The lowest BCUT2D eigenvalue weighted by atomic mass is 9.62. The summed E-state index contributed by atoms with van der Waals surface area (Å²) >= 11 is 0. The molecule has 0 amide bonds. The van der Waals surface area contributed by atoms with E-state index in [1.54, 1.807) is 12.4 Å². The van der Waals surface area contributed by atoms with E-state index in [0.29, 0.717) is 18.4 Å². The molecule has 2 saturated heterocycles. The van der Waals surface area contributed by atoms with Gasteiger partial charge in [-0.2, -0.15) is 0 Å². The highest BCUT2D eigenvalue weighted by Crippen LogP contribution is 2.50. The second kappa shape index (κ2) is 10.1. The molecule has 176 valence electrons. The minimum Gasteiger partial charge on any atom is -0.492 e. The summed E-state index contributed by atoms with van der Waals surface area (Å²) in [5, 5.41) is 15.7. The average Bonchev–Trinajstić information content (AvgIpc) is 2.77. The van der Waals surface area contributed by atoms with Crippen LogP contribution in [0.15, 0.2) is 42.7 Å². The predicted molar refractivity (Wildman–Crippen MR) is 132 cm³/mol. The van der Waals surface area contributed by atoms with E-state index >= 15 is 0 Å². The number of nitrogens with zero attached hydrogens (tertiary/aromatic N) is 2. The Morgan fingerprint density at radius 1 is 1.16 bits per heavy atom. The number of ether oxygens (including phenoxy) is 1. The van der Waals surface area contributed by atoms with Gasteiger partial charge in [0.2, 0.25) is 0 Å². The van der Waals surface area contributed by atoms with E-state index < -0.39 is 5.60 Å². The first-order valence-electron chi connectivity index (χ1n) is 11.6. The summed E-state index contributed by atoms with van der Waals surface area (Å²) < 4.78 is 6.14. The second-order valence-corrected chi connectivity index (χ2v) is 10.1. The number of nitrogens with one attached hydrogen (secondary N) is 1. The highest BCUT2D eigenvalue weighted by atomic mass is 35.5. The van der Waals surface area contributed by atoms with Gasteiger partial charge in [-0.25, -0.2) is 0 Å². The van der Waals surface area contributed by atoms with Crippen LogP contribution in [0.25, 0.3) is 0 Å². The number of pyridine rings is 1. The Bertz CT molecular complexity index is 877. The summed E-state index contributed by atoms with van der Waals surface area (Å²) in [6.07, 6.45) is 5.85. The lowest BCUT2D eigenvalue weighted by Crippen LogP contribution is -2.63. The number of piperidine rings is 1. The quantitative estimate of drug-likeness (QED) is 0.650. The second-order valence-electron chi connectivity index (χ2n) is 10.1. The van der Waals surface area contributed by atoms with Gasteiger partial charge >= 0.3 is 0 Å². The van der Waals surface area contributed by atoms with Gasteiger partial charge in [-0.1, -0.05) is 45.0 Å². The molecule has 2 aromatic rings. The Hall–Kier alpha value is -1.66. The number of hydrogen-bond donors (Lipinski definition) is 2. The molecule has 2 N–H and O–H groups in total. The first-order chi connectivity index (χ1) is 14.8. The molecule has 6 heteroatoms. The molecule has 2 fully saturated rings. The molecule has 0 saturated carbocycles. The van der Waals surface area contributed by atoms with E-state index in [2.05, 4.69) is 67.3 Å². The largest absolute Gasteiger partial charge is 0.492 e. The molecule has 32 heavy (non-hydrogen) atoms. The van der Waals surface area contributed by atoms with Gasteiger partial charge in [0.05, 0.1) is 12.8 Å². The Balaban J connectivity index is 0.00000289. The van der Waals surface area contributed by atoms with Crippen LogP contribution in [0.3, 0.4) is 0 Å². The molecule has 5 nitrogen and oxygen atoms in total. The van der Waals surface area contributed by atoms with Crippen molar-refractivity contribution in [3.63, 3.8) is 0 Å². The molecule has 1 aromatic heterocycles. The summed E-state index contributed by atoms with van der Waals surface area (Å²) in [5.74, 6) is 1.77. The molecule has 1 aromatic carbocycles. The number of hydrogen-bond acceptors (Lipinski definition) is 5. The van der Waals surface area contributed by atoms with Crippen LogP contribution in [0, 0.1) is 11.3 Å². The van der Waals surface area contributed by atoms with E-state index in [4.69, 9.17) is 4.74 Å². The summed E-state index contributed by atoms with van der Waals surface area (Å²) in [6.45, 7) is 11.0. The molecule has 0 unspecified atom stereocenters. The molecular formula is C26H38ClN3O2. The summed E-state index contributed by atoms with van der Waals surface area (Å²) in [5.41, 5.74) is 1.58. The molecule has 2 aliphatic heterocycles. The highest BCUT2D eigenvalue weighted by Gasteiger charge is 2.55. The standard InChI is InChI=1S/C26H37N3O2.ClH/c1-19(2)21-5-7-22(8-6-21)26(30,25(3)17-29(4)18-25)23-13-24(15-28-14-23)31-16-20-9-11-27-12-10-20;/h5-8,13-15,19-20,27,30H,9-12,16-18H2,1-4H3;1H/t26-;/m0./s1. The van der Waals surface area contributed by atoms with Crippen molar-refractivity contribution in [1.29, 1.82) is 0 Å². The van der Waals surface area contributed by atoms with Gasteiger partial charge in [0, 0.05) is 30.3 Å². The summed E-state index contributed by atoms with van der Waals surface area (Å²) in [7, 11) is 2.10. The van der Waals surface area contributed by atoms with E-state index in [1.165, 1.54) is 5.56 Å². The molecule has 1 atom stereocenters. The molecule has 4 rings (SSSR count). The molecule has 3 heterocycles. The maximum absolute atomic E-state index is 12.3. The number of aromatic nitrogens is 1. The van der Waals surface area contributed by atoms with Crippen LogP contribution in [0.4, 0.5) is 0 Å². The fraction of sp³-hybridized carbons (Fsp3) is 0.577. The molecular weight excluding hydrogens is 422 g/mol. The number of likely N-dealkylation sites (tertiary alicyclic amines) is 1. The highest BCUT2D eigenvalue weighted by molar-refractivity contribution is 5.85. The summed E-state index contributed by atoms with van der Waals surface area (Å²) in [6, 6.07) is 10.4. The number of halogens is 1. The lowest BCUT2D eigenvalue weighted by Gasteiger charge is -2.55. The van der Waals surface area contributed by atoms with E-state index in [9.17, 15) is 5.11 Å². The fourth-order valence-electron chi connectivity index (χ4n) is 5.30. The van der Waals surface area contributed by atoms with Gasteiger partial charge in [0.25, 0.3) is 0 Å². The van der Waals surface area contributed by atoms with E-state index in [0.717, 1.165) is 55.9 Å². The third-order valence-electron chi connectivity index (χ3n) is 7.18. The van der Waals surface area contributed by atoms with Crippen LogP contribution in [0.5, 0.6) is 5.75 Å². The van der Waals surface area contributed by atoms with Gasteiger partial charge in [0.1, 0.15) is 11.4 Å². The zero-order valence-electron chi connectivity index (χ0n) is 19.8. The third kappa shape index (κ3) is 4.81. The van der Waals surface area contributed by atoms with Crippen LogP contribution in [-0.2, 0) is 5.60 Å². The van der Waals surface area contributed by atoms with Crippen molar-refractivity contribution >= 4 is 12.4 Å². The fourth-order valence-corrected chi connectivity index (χ4v) is 5.30. The minimum atomic E-state index is -1.13. The van der Waals surface area contributed by atoms with Crippen LogP contribution < -0.4 is 10.1 Å². The van der Waals surface area contributed by atoms with Gasteiger partial charge in [-0.05, 0) is 62.0 Å². The van der Waals surface area contributed by atoms with Gasteiger partial charge in [-0.3, -0.25) is 4.98 Å². The average molecular weight is 460 g/mol. The number of aliphatic hydroxyl groups is 1. The zero-order valence-corrected chi connectivity index (χ0v) is 20.6. The maximum Gasteiger partial charge on any atom is 0.137 e. The Morgan fingerprint density at radius 2 is 1.81 bits per heavy atom. The number of rotatable bonds is 7. The first-order valence-corrected chi connectivity index (χ1v) is 11.6. The normalized spacial score (nSPS) is 20.8. The van der Waals surface area contributed by atoms with Crippen molar-refractivity contribution in [1.82, 2.24) is 15.2 Å². The van der Waals surface area contributed by atoms with Crippen LogP contribution in [-0.4, -0.2) is 54.8 Å². The van der Waals surface area contributed by atoms with Crippen LogP contribution >= 0.6 is 12.4 Å². The van der Waals surface area contributed by atoms with Crippen molar-refractivity contribution in [2.75, 3.05) is 39.8 Å². The molecule has 0 radical (unpaired) electrons. The van der Waals surface area contributed by atoms with Crippen molar-refractivity contribution < 1.29 is 9.84 Å². The van der Waals surface area contributed by atoms with Gasteiger partial charge < -0.3 is 20.1 Å².